The van der Waals surface area contributed by atoms with Crippen LogP contribution in [0.4, 0.5) is 5.69 Å². The van der Waals surface area contributed by atoms with Gasteiger partial charge in [0.1, 0.15) is 0 Å². The first-order valence-electron chi connectivity index (χ1n) is 9.40. The number of nitrogens with zero attached hydrogens (tertiary/aromatic N) is 5. The lowest BCUT2D eigenvalue weighted by Gasteiger charge is -2.27. The number of rotatable bonds is 4. The summed E-state index contributed by atoms with van der Waals surface area (Å²) >= 11 is 0. The van der Waals surface area contributed by atoms with Crippen LogP contribution >= 0.6 is 0 Å². The van der Waals surface area contributed by atoms with Crippen molar-refractivity contribution in [2.45, 2.75) is 19.5 Å². The average molecular weight is 386 g/mol. The third-order valence-corrected chi connectivity index (χ3v) is 5.31. The van der Waals surface area contributed by atoms with Crippen molar-refractivity contribution < 1.29 is 4.92 Å². The molecule has 0 fully saturated rings. The van der Waals surface area contributed by atoms with Crippen LogP contribution in [0.5, 0.6) is 0 Å². The fourth-order valence-corrected chi connectivity index (χ4v) is 3.90. The second-order valence-corrected chi connectivity index (χ2v) is 7.13. The lowest BCUT2D eigenvalue weighted by Crippen LogP contribution is -2.30. The topological polar surface area (TPSA) is 101 Å². The quantitative estimate of drug-likeness (QED) is 0.426. The Kier molecular flexibility index (Phi) is 4.25. The largest absolute Gasteiger partial charge is 0.361 e. The predicted octanol–water partition coefficient (Wildman–Crippen LogP) is 3.49. The van der Waals surface area contributed by atoms with Crippen LogP contribution in [-0.4, -0.2) is 36.3 Å². The van der Waals surface area contributed by atoms with E-state index < -0.39 is 0 Å². The van der Waals surface area contributed by atoms with Gasteiger partial charge in [-0.1, -0.05) is 6.07 Å². The van der Waals surface area contributed by atoms with Gasteiger partial charge in [0.05, 0.1) is 21.5 Å². The van der Waals surface area contributed by atoms with Crippen LogP contribution in [-0.2, 0) is 19.5 Å². The van der Waals surface area contributed by atoms with Crippen molar-refractivity contribution >= 4 is 16.6 Å². The number of pyridine rings is 1. The zero-order valence-corrected chi connectivity index (χ0v) is 15.6. The standard InChI is InChI=1S/C21H18N6O2/c28-27(29)19-3-1-2-18-20(19)16(11-23-18)13-26-9-6-17-15(12-26)10-24-21(25-17)14-4-7-22-8-5-14/h1-5,7-8,10-11,23H,6,9,12-13H2. The third-order valence-electron chi connectivity index (χ3n) is 5.31. The van der Waals surface area contributed by atoms with Crippen LogP contribution in [0.1, 0.15) is 16.8 Å². The van der Waals surface area contributed by atoms with E-state index in [4.69, 9.17) is 4.98 Å². The Morgan fingerprint density at radius 1 is 1.21 bits per heavy atom. The molecule has 1 aromatic carbocycles. The molecule has 29 heavy (non-hydrogen) atoms. The van der Waals surface area contributed by atoms with E-state index in [0.717, 1.165) is 47.4 Å². The summed E-state index contributed by atoms with van der Waals surface area (Å²) in [6.45, 7) is 2.20. The van der Waals surface area contributed by atoms with E-state index >= 15 is 0 Å². The molecule has 0 spiro atoms. The maximum absolute atomic E-state index is 11.4. The molecule has 1 aliphatic heterocycles. The summed E-state index contributed by atoms with van der Waals surface area (Å²) in [5.41, 5.74) is 4.98. The number of non-ortho nitro benzene ring substituents is 1. The maximum atomic E-state index is 11.4. The molecule has 144 valence electrons. The molecule has 0 aliphatic carbocycles. The number of nitrogens with one attached hydrogen (secondary N) is 1. The Balaban J connectivity index is 1.40. The summed E-state index contributed by atoms with van der Waals surface area (Å²) in [6.07, 6.45) is 8.05. The molecular weight excluding hydrogens is 368 g/mol. The monoisotopic (exact) mass is 386 g/mol. The van der Waals surface area contributed by atoms with Crippen LogP contribution in [0.15, 0.2) is 55.1 Å². The molecule has 8 nitrogen and oxygen atoms in total. The molecule has 0 saturated heterocycles. The molecule has 0 amide bonds. The Bertz CT molecular complexity index is 1200. The van der Waals surface area contributed by atoms with Crippen molar-refractivity contribution in [1.29, 1.82) is 0 Å². The average Bonchev–Trinajstić information content (AvgIpc) is 3.17. The van der Waals surface area contributed by atoms with Crippen LogP contribution < -0.4 is 0 Å². The van der Waals surface area contributed by atoms with Crippen LogP contribution in [0, 0.1) is 10.1 Å². The molecule has 1 N–H and O–H groups in total. The van der Waals surface area contributed by atoms with Gasteiger partial charge in [-0.2, -0.15) is 0 Å². The highest BCUT2D eigenvalue weighted by molar-refractivity contribution is 5.91. The molecule has 5 rings (SSSR count). The Morgan fingerprint density at radius 2 is 2.07 bits per heavy atom. The van der Waals surface area contributed by atoms with Crippen molar-refractivity contribution in [3.63, 3.8) is 0 Å². The highest BCUT2D eigenvalue weighted by atomic mass is 16.6. The van der Waals surface area contributed by atoms with Gasteiger partial charge < -0.3 is 4.98 Å². The van der Waals surface area contributed by atoms with Gasteiger partial charge in [0.15, 0.2) is 5.82 Å². The molecular formula is C21H18N6O2. The van der Waals surface area contributed by atoms with Crippen molar-refractivity contribution in [3.8, 4) is 11.4 Å². The van der Waals surface area contributed by atoms with Gasteiger partial charge in [0.2, 0.25) is 0 Å². The first kappa shape index (κ1) is 17.4. The molecule has 0 bridgehead atoms. The molecule has 8 heteroatoms. The van der Waals surface area contributed by atoms with Gasteiger partial charge in [-0.05, 0) is 23.8 Å². The van der Waals surface area contributed by atoms with Gasteiger partial charge in [-0.15, -0.1) is 0 Å². The number of aromatic nitrogens is 4. The summed E-state index contributed by atoms with van der Waals surface area (Å²) in [6, 6.07) is 8.93. The summed E-state index contributed by atoms with van der Waals surface area (Å²) in [4.78, 5) is 29.8. The van der Waals surface area contributed by atoms with Crippen molar-refractivity contribution in [1.82, 2.24) is 24.8 Å². The summed E-state index contributed by atoms with van der Waals surface area (Å²) < 4.78 is 0. The minimum absolute atomic E-state index is 0.140. The number of nitro benzene ring substituents is 1. The zero-order chi connectivity index (χ0) is 19.8. The molecule has 3 aromatic heterocycles. The first-order valence-corrected chi connectivity index (χ1v) is 9.40. The first-order chi connectivity index (χ1) is 14.2. The third kappa shape index (κ3) is 3.23. The maximum Gasteiger partial charge on any atom is 0.279 e. The van der Waals surface area contributed by atoms with Crippen LogP contribution in [0.25, 0.3) is 22.3 Å². The van der Waals surface area contributed by atoms with E-state index in [1.165, 1.54) is 0 Å². The van der Waals surface area contributed by atoms with Crippen LogP contribution in [0.3, 0.4) is 0 Å². The second kappa shape index (κ2) is 7.06. The lowest BCUT2D eigenvalue weighted by atomic mass is 10.1. The highest BCUT2D eigenvalue weighted by Crippen LogP contribution is 2.30. The Hall–Kier alpha value is -3.65. The molecule has 1 aliphatic rings. The SMILES string of the molecule is O=[N+]([O-])c1cccc2[nH]cc(CN3CCc4nc(-c5ccncc5)ncc4C3)c12. The second-order valence-electron chi connectivity index (χ2n) is 7.13. The molecule has 4 aromatic rings. The van der Waals surface area contributed by atoms with Gasteiger partial charge in [-0.25, -0.2) is 9.97 Å². The number of hydrogen-bond donors (Lipinski definition) is 1. The smallest absolute Gasteiger partial charge is 0.279 e. The van der Waals surface area contributed by atoms with E-state index in [9.17, 15) is 10.1 Å². The van der Waals surface area contributed by atoms with Crippen molar-refractivity contribution in [3.05, 3.63) is 82.1 Å². The minimum atomic E-state index is -0.320. The van der Waals surface area contributed by atoms with Crippen molar-refractivity contribution in [2.75, 3.05) is 6.54 Å². The Morgan fingerprint density at radius 3 is 2.90 bits per heavy atom. The Labute approximate surface area is 166 Å². The summed E-state index contributed by atoms with van der Waals surface area (Å²) in [5, 5.41) is 12.1. The number of hydrogen-bond acceptors (Lipinski definition) is 6. The van der Waals surface area contributed by atoms with E-state index in [1.54, 1.807) is 24.5 Å². The summed E-state index contributed by atoms with van der Waals surface area (Å²) in [7, 11) is 0. The lowest BCUT2D eigenvalue weighted by molar-refractivity contribution is -0.383. The van der Waals surface area contributed by atoms with E-state index in [-0.39, 0.29) is 10.6 Å². The highest BCUT2D eigenvalue weighted by Gasteiger charge is 2.22. The van der Waals surface area contributed by atoms with E-state index in [2.05, 4.69) is 19.9 Å². The van der Waals surface area contributed by atoms with Gasteiger partial charge in [-0.3, -0.25) is 20.0 Å². The number of nitro groups is 1. The summed E-state index contributed by atoms with van der Waals surface area (Å²) in [5.74, 6) is 0.715. The number of H-pyrrole nitrogens is 1. The number of fused-ring (bicyclic) bond motifs is 2. The molecule has 0 saturated carbocycles. The molecule has 0 atom stereocenters. The normalized spacial score (nSPS) is 14.1. The number of aromatic amines is 1. The minimum Gasteiger partial charge on any atom is -0.361 e. The molecule has 4 heterocycles. The van der Waals surface area contributed by atoms with E-state index in [1.807, 2.05) is 30.6 Å². The van der Waals surface area contributed by atoms with Gasteiger partial charge in [0, 0.05) is 68.0 Å². The fraction of sp³-hybridized carbons (Fsp3) is 0.190. The fourth-order valence-electron chi connectivity index (χ4n) is 3.90. The van der Waals surface area contributed by atoms with Gasteiger partial charge in [0.25, 0.3) is 5.69 Å². The number of benzene rings is 1. The molecule has 0 radical (unpaired) electrons. The molecule has 0 unspecified atom stereocenters. The van der Waals surface area contributed by atoms with E-state index in [0.29, 0.717) is 17.8 Å². The van der Waals surface area contributed by atoms with Gasteiger partial charge >= 0.3 is 0 Å². The zero-order valence-electron chi connectivity index (χ0n) is 15.6. The van der Waals surface area contributed by atoms with Crippen molar-refractivity contribution in [2.24, 2.45) is 0 Å². The predicted molar refractivity (Wildman–Crippen MR) is 108 cm³/mol. The van der Waals surface area contributed by atoms with Crippen LogP contribution in [0.2, 0.25) is 0 Å².